The molecule has 1 aromatic rings. The monoisotopic (exact) mass is 252 g/mol. The summed E-state index contributed by atoms with van der Waals surface area (Å²) in [4.78, 5) is 10.2. The molecule has 0 aromatic heterocycles. The van der Waals surface area contributed by atoms with Crippen LogP contribution in [0, 0.1) is 11.6 Å². The van der Waals surface area contributed by atoms with Crippen LogP contribution in [0.5, 0.6) is 5.75 Å². The predicted molar refractivity (Wildman–Crippen MR) is 49.2 cm³/mol. The normalized spacial score (nSPS) is 11.4. The summed E-state index contributed by atoms with van der Waals surface area (Å²) < 4.78 is 56.3. The van der Waals surface area contributed by atoms with E-state index in [-0.39, 0.29) is 0 Å². The lowest BCUT2D eigenvalue weighted by Crippen LogP contribution is -2.31. The number of benzene rings is 1. The van der Waals surface area contributed by atoms with Gasteiger partial charge in [-0.25, -0.2) is 13.6 Å². The highest BCUT2D eigenvalue weighted by molar-refractivity contribution is 5.75. The van der Waals surface area contributed by atoms with Gasteiger partial charge in [-0.1, -0.05) is 0 Å². The molecule has 1 rings (SSSR count). The zero-order valence-corrected chi connectivity index (χ0v) is 8.64. The summed E-state index contributed by atoms with van der Waals surface area (Å²) in [5.41, 5.74) is -0.544. The number of carboxylic acid groups (broad SMARTS) is 1. The molecule has 0 spiro atoms. The number of carboxylic acids is 1. The molecule has 7 heteroatoms. The highest BCUT2D eigenvalue weighted by Crippen LogP contribution is 2.29. The van der Waals surface area contributed by atoms with Gasteiger partial charge in [-0.15, -0.1) is 0 Å². The van der Waals surface area contributed by atoms with E-state index in [0.717, 1.165) is 7.11 Å². The second-order valence-electron chi connectivity index (χ2n) is 3.27. The van der Waals surface area contributed by atoms with E-state index in [2.05, 4.69) is 4.74 Å². The van der Waals surface area contributed by atoms with Gasteiger partial charge >= 0.3 is 11.9 Å². The maximum Gasteiger partial charge on any atom is 0.374 e. The summed E-state index contributed by atoms with van der Waals surface area (Å²) >= 11 is 0. The summed E-state index contributed by atoms with van der Waals surface area (Å²) in [5.74, 6) is -9.33. The quantitative estimate of drug-likeness (QED) is 0.836. The standard InChI is InChI=1S/C10H8F4O3/c1-17-8-5(2-6(11)3-7(8)12)4-10(13,14)9(15)16/h2-3H,4H2,1H3,(H,15,16). The molecule has 0 heterocycles. The molecule has 0 radical (unpaired) electrons. The molecule has 1 aromatic carbocycles. The number of halogens is 4. The molecule has 0 aliphatic heterocycles. The largest absolute Gasteiger partial charge is 0.493 e. The Labute approximate surface area is 93.6 Å². The van der Waals surface area contributed by atoms with E-state index >= 15 is 0 Å². The van der Waals surface area contributed by atoms with E-state index in [1.807, 2.05) is 0 Å². The number of hydrogen-bond acceptors (Lipinski definition) is 2. The van der Waals surface area contributed by atoms with Crippen LogP contribution in [0.4, 0.5) is 17.6 Å². The molecule has 0 bridgehead atoms. The molecule has 0 amide bonds. The SMILES string of the molecule is COc1c(F)cc(F)cc1CC(F)(F)C(=O)O. The van der Waals surface area contributed by atoms with E-state index < -0.39 is 41.3 Å². The number of methoxy groups -OCH3 is 1. The third-order valence-electron chi connectivity index (χ3n) is 2.01. The maximum absolute atomic E-state index is 13.1. The Balaban J connectivity index is 3.18. The summed E-state index contributed by atoms with van der Waals surface area (Å²) in [5, 5.41) is 8.23. The molecule has 0 fully saturated rings. The van der Waals surface area contributed by atoms with Crippen LogP contribution in [0.1, 0.15) is 5.56 Å². The molecular formula is C10H8F4O3. The van der Waals surface area contributed by atoms with Crippen LogP contribution in [0.3, 0.4) is 0 Å². The number of hydrogen-bond donors (Lipinski definition) is 1. The van der Waals surface area contributed by atoms with Crippen LogP contribution >= 0.6 is 0 Å². The Morgan fingerprint density at radius 2 is 2.00 bits per heavy atom. The van der Waals surface area contributed by atoms with Gasteiger partial charge in [-0.05, 0) is 6.07 Å². The highest BCUT2D eigenvalue weighted by atomic mass is 19.3. The number of alkyl halides is 2. The second-order valence-corrected chi connectivity index (χ2v) is 3.27. The Morgan fingerprint density at radius 3 is 2.47 bits per heavy atom. The molecule has 17 heavy (non-hydrogen) atoms. The lowest BCUT2D eigenvalue weighted by Gasteiger charge is -2.14. The van der Waals surface area contributed by atoms with E-state index in [4.69, 9.17) is 5.11 Å². The van der Waals surface area contributed by atoms with Crippen LogP contribution < -0.4 is 4.74 Å². The minimum Gasteiger partial charge on any atom is -0.493 e. The molecule has 0 saturated carbocycles. The molecular weight excluding hydrogens is 244 g/mol. The van der Waals surface area contributed by atoms with E-state index in [1.54, 1.807) is 0 Å². The zero-order chi connectivity index (χ0) is 13.2. The van der Waals surface area contributed by atoms with Gasteiger partial charge in [0.25, 0.3) is 0 Å². The van der Waals surface area contributed by atoms with Crippen molar-refractivity contribution in [2.75, 3.05) is 7.11 Å². The zero-order valence-electron chi connectivity index (χ0n) is 8.64. The Hall–Kier alpha value is -1.79. The number of rotatable bonds is 4. The van der Waals surface area contributed by atoms with Crippen molar-refractivity contribution in [2.45, 2.75) is 12.3 Å². The summed E-state index contributed by atoms with van der Waals surface area (Å²) in [6.45, 7) is 0. The van der Waals surface area contributed by atoms with Crippen LogP contribution in [-0.4, -0.2) is 24.1 Å². The smallest absolute Gasteiger partial charge is 0.374 e. The molecule has 0 aliphatic rings. The van der Waals surface area contributed by atoms with E-state index in [0.29, 0.717) is 12.1 Å². The summed E-state index contributed by atoms with van der Waals surface area (Å²) in [6.07, 6.45) is -1.35. The first-order valence-corrected chi connectivity index (χ1v) is 4.41. The summed E-state index contributed by atoms with van der Waals surface area (Å²) in [7, 11) is 1.01. The van der Waals surface area contributed by atoms with Gasteiger partial charge in [0.15, 0.2) is 11.6 Å². The molecule has 0 saturated heterocycles. The topological polar surface area (TPSA) is 46.5 Å². The second kappa shape index (κ2) is 4.60. The predicted octanol–water partition coefficient (Wildman–Crippen LogP) is 2.24. The lowest BCUT2D eigenvalue weighted by atomic mass is 10.1. The van der Waals surface area contributed by atoms with Crippen molar-refractivity contribution in [1.82, 2.24) is 0 Å². The average Bonchev–Trinajstić information content (AvgIpc) is 2.15. The minimum absolute atomic E-state index is 0.460. The van der Waals surface area contributed by atoms with Gasteiger partial charge in [-0.2, -0.15) is 8.78 Å². The van der Waals surface area contributed by atoms with Gasteiger partial charge in [0, 0.05) is 11.6 Å². The van der Waals surface area contributed by atoms with Crippen LogP contribution in [-0.2, 0) is 11.2 Å². The molecule has 0 aliphatic carbocycles. The van der Waals surface area contributed by atoms with Gasteiger partial charge in [-0.3, -0.25) is 0 Å². The number of aliphatic carboxylic acids is 1. The molecule has 1 N–H and O–H groups in total. The van der Waals surface area contributed by atoms with Gasteiger partial charge < -0.3 is 9.84 Å². The van der Waals surface area contributed by atoms with Crippen molar-refractivity contribution < 1.29 is 32.2 Å². The lowest BCUT2D eigenvalue weighted by molar-refractivity contribution is -0.164. The van der Waals surface area contributed by atoms with Crippen molar-refractivity contribution >= 4 is 5.97 Å². The molecule has 0 atom stereocenters. The van der Waals surface area contributed by atoms with Crippen molar-refractivity contribution in [2.24, 2.45) is 0 Å². The third kappa shape index (κ3) is 2.86. The van der Waals surface area contributed by atoms with Gasteiger partial charge in [0.1, 0.15) is 5.82 Å². The number of carbonyl (C=O) groups is 1. The average molecular weight is 252 g/mol. The van der Waals surface area contributed by atoms with Crippen LogP contribution in [0.15, 0.2) is 12.1 Å². The van der Waals surface area contributed by atoms with Crippen molar-refractivity contribution in [1.29, 1.82) is 0 Å². The van der Waals surface area contributed by atoms with Crippen LogP contribution in [0.25, 0.3) is 0 Å². The van der Waals surface area contributed by atoms with Crippen LogP contribution in [0.2, 0.25) is 0 Å². The first kappa shape index (κ1) is 13.3. The van der Waals surface area contributed by atoms with E-state index in [1.165, 1.54) is 0 Å². The first-order valence-electron chi connectivity index (χ1n) is 4.41. The van der Waals surface area contributed by atoms with Crippen molar-refractivity contribution in [3.05, 3.63) is 29.3 Å². The number of ether oxygens (including phenoxy) is 1. The fourth-order valence-electron chi connectivity index (χ4n) is 1.29. The Kier molecular flexibility index (Phi) is 3.59. The fraction of sp³-hybridized carbons (Fsp3) is 0.300. The highest BCUT2D eigenvalue weighted by Gasteiger charge is 2.40. The Morgan fingerprint density at radius 1 is 1.41 bits per heavy atom. The Bertz CT molecular complexity index is 445. The van der Waals surface area contributed by atoms with E-state index in [9.17, 15) is 22.4 Å². The summed E-state index contributed by atoms with van der Waals surface area (Å²) in [6, 6.07) is 1.07. The first-order chi connectivity index (χ1) is 7.77. The van der Waals surface area contributed by atoms with Crippen molar-refractivity contribution in [3.63, 3.8) is 0 Å². The maximum atomic E-state index is 13.1. The fourth-order valence-corrected chi connectivity index (χ4v) is 1.29. The molecule has 3 nitrogen and oxygen atoms in total. The van der Waals surface area contributed by atoms with Gasteiger partial charge in [0.2, 0.25) is 0 Å². The van der Waals surface area contributed by atoms with Gasteiger partial charge in [0.05, 0.1) is 13.5 Å². The molecule has 0 unspecified atom stereocenters. The minimum atomic E-state index is -4.12. The van der Waals surface area contributed by atoms with Crippen molar-refractivity contribution in [3.8, 4) is 5.75 Å². The third-order valence-corrected chi connectivity index (χ3v) is 2.01. The molecule has 94 valence electrons.